The second-order valence-electron chi connectivity index (χ2n) is 5.47. The van der Waals surface area contributed by atoms with Crippen LogP contribution < -0.4 is 5.32 Å². The topological polar surface area (TPSA) is 58.6 Å². The average molecular weight is 297 g/mol. The summed E-state index contributed by atoms with van der Waals surface area (Å²) in [5.74, 6) is 0.144. The van der Waals surface area contributed by atoms with Gasteiger partial charge < -0.3 is 15.2 Å². The van der Waals surface area contributed by atoms with Gasteiger partial charge >= 0.3 is 0 Å². The largest absolute Gasteiger partial charge is 0.508 e. The molecule has 1 atom stereocenters. The van der Waals surface area contributed by atoms with Crippen LogP contribution in [0.15, 0.2) is 48.5 Å². The Morgan fingerprint density at radius 2 is 2.00 bits per heavy atom. The van der Waals surface area contributed by atoms with Gasteiger partial charge in [-0.3, -0.25) is 4.79 Å². The summed E-state index contributed by atoms with van der Waals surface area (Å²) in [6.07, 6.45) is 2.22. The van der Waals surface area contributed by atoms with Crippen LogP contribution in [0.4, 0.5) is 0 Å². The molecule has 1 saturated heterocycles. The summed E-state index contributed by atoms with van der Waals surface area (Å²) in [5.41, 5.74) is 2.54. The lowest BCUT2D eigenvalue weighted by Crippen LogP contribution is -2.31. The van der Waals surface area contributed by atoms with Crippen LogP contribution in [0.3, 0.4) is 0 Å². The van der Waals surface area contributed by atoms with Crippen LogP contribution >= 0.6 is 0 Å². The van der Waals surface area contributed by atoms with E-state index in [4.69, 9.17) is 4.74 Å². The Kier molecular flexibility index (Phi) is 4.39. The number of benzene rings is 2. The number of ether oxygens (including phenoxy) is 1. The lowest BCUT2D eigenvalue weighted by atomic mass is 10.0. The van der Waals surface area contributed by atoms with Crippen LogP contribution in [0, 0.1) is 0 Å². The van der Waals surface area contributed by atoms with Gasteiger partial charge in [-0.05, 0) is 48.2 Å². The molecule has 2 aromatic carbocycles. The molecule has 1 heterocycles. The second kappa shape index (κ2) is 6.62. The number of carbonyl (C=O) groups is 1. The highest BCUT2D eigenvalue weighted by Gasteiger charge is 2.16. The highest BCUT2D eigenvalue weighted by molar-refractivity contribution is 5.95. The van der Waals surface area contributed by atoms with Crippen LogP contribution in [0.2, 0.25) is 0 Å². The van der Waals surface area contributed by atoms with Crippen molar-refractivity contribution in [2.24, 2.45) is 0 Å². The maximum absolute atomic E-state index is 12.2. The number of carbonyl (C=O) groups excluding carboxylic acids is 1. The summed E-state index contributed by atoms with van der Waals surface area (Å²) in [4.78, 5) is 12.2. The van der Waals surface area contributed by atoms with E-state index < -0.39 is 0 Å². The standard InChI is InChI=1S/C18H19NO3/c20-16-8-6-13(7-9-16)14-3-1-4-15(11-14)18(21)19-12-17-5-2-10-22-17/h1,3-4,6-9,11,17,20H,2,5,10,12H2,(H,19,21). The number of phenols is 1. The predicted octanol–water partition coefficient (Wildman–Crippen LogP) is 2.97. The number of hydrogen-bond acceptors (Lipinski definition) is 3. The van der Waals surface area contributed by atoms with E-state index in [-0.39, 0.29) is 17.8 Å². The van der Waals surface area contributed by atoms with Crippen molar-refractivity contribution in [3.63, 3.8) is 0 Å². The smallest absolute Gasteiger partial charge is 0.251 e. The molecule has 1 unspecified atom stereocenters. The molecule has 0 aliphatic carbocycles. The van der Waals surface area contributed by atoms with E-state index in [1.165, 1.54) is 0 Å². The molecule has 2 aromatic rings. The van der Waals surface area contributed by atoms with Crippen molar-refractivity contribution in [1.82, 2.24) is 5.32 Å². The minimum Gasteiger partial charge on any atom is -0.508 e. The van der Waals surface area contributed by atoms with Crippen molar-refractivity contribution in [1.29, 1.82) is 0 Å². The summed E-state index contributed by atoms with van der Waals surface area (Å²) >= 11 is 0. The molecule has 2 N–H and O–H groups in total. The molecule has 4 nitrogen and oxygen atoms in total. The first-order valence-electron chi connectivity index (χ1n) is 7.51. The number of nitrogens with one attached hydrogen (secondary N) is 1. The predicted molar refractivity (Wildman–Crippen MR) is 84.9 cm³/mol. The van der Waals surface area contributed by atoms with Crippen LogP contribution in [-0.4, -0.2) is 30.3 Å². The second-order valence-corrected chi connectivity index (χ2v) is 5.47. The number of aromatic hydroxyl groups is 1. The van der Waals surface area contributed by atoms with Crippen molar-refractivity contribution >= 4 is 5.91 Å². The van der Waals surface area contributed by atoms with E-state index >= 15 is 0 Å². The Hall–Kier alpha value is -2.33. The Labute approximate surface area is 129 Å². The normalized spacial score (nSPS) is 17.4. The number of phenolic OH excluding ortho intramolecular Hbond substituents is 1. The van der Waals surface area contributed by atoms with Crippen molar-refractivity contribution < 1.29 is 14.6 Å². The van der Waals surface area contributed by atoms with Crippen LogP contribution in [0.1, 0.15) is 23.2 Å². The lowest BCUT2D eigenvalue weighted by Gasteiger charge is -2.11. The third-order valence-electron chi connectivity index (χ3n) is 3.84. The van der Waals surface area contributed by atoms with E-state index in [2.05, 4.69) is 5.32 Å². The first-order valence-corrected chi connectivity index (χ1v) is 7.51. The van der Waals surface area contributed by atoms with E-state index in [9.17, 15) is 9.90 Å². The quantitative estimate of drug-likeness (QED) is 0.912. The number of hydrogen-bond donors (Lipinski definition) is 2. The summed E-state index contributed by atoms with van der Waals surface area (Å²) in [6.45, 7) is 1.35. The average Bonchev–Trinajstić information content (AvgIpc) is 3.07. The maximum Gasteiger partial charge on any atom is 0.251 e. The molecular weight excluding hydrogens is 278 g/mol. The van der Waals surface area contributed by atoms with Gasteiger partial charge in [-0.15, -0.1) is 0 Å². The van der Waals surface area contributed by atoms with Crippen molar-refractivity contribution in [2.75, 3.05) is 13.2 Å². The summed E-state index contributed by atoms with van der Waals surface area (Å²) in [7, 11) is 0. The number of amides is 1. The Balaban J connectivity index is 1.69. The molecule has 4 heteroatoms. The Morgan fingerprint density at radius 1 is 1.18 bits per heavy atom. The third-order valence-corrected chi connectivity index (χ3v) is 3.84. The van der Waals surface area contributed by atoms with Gasteiger partial charge in [-0.1, -0.05) is 24.3 Å². The van der Waals surface area contributed by atoms with E-state index in [0.717, 1.165) is 30.6 Å². The molecule has 1 amide bonds. The lowest BCUT2D eigenvalue weighted by molar-refractivity contribution is 0.0858. The van der Waals surface area contributed by atoms with E-state index in [0.29, 0.717) is 12.1 Å². The van der Waals surface area contributed by atoms with E-state index in [1.807, 2.05) is 30.3 Å². The molecule has 1 aliphatic heterocycles. The zero-order valence-electron chi connectivity index (χ0n) is 12.3. The van der Waals surface area contributed by atoms with Crippen molar-refractivity contribution in [3.8, 4) is 16.9 Å². The maximum atomic E-state index is 12.2. The first-order chi connectivity index (χ1) is 10.7. The van der Waals surface area contributed by atoms with Gasteiger partial charge in [0.05, 0.1) is 6.10 Å². The van der Waals surface area contributed by atoms with Gasteiger partial charge in [0.2, 0.25) is 0 Å². The van der Waals surface area contributed by atoms with Gasteiger partial charge in [0.15, 0.2) is 0 Å². The fourth-order valence-electron chi connectivity index (χ4n) is 2.61. The van der Waals surface area contributed by atoms with Crippen LogP contribution in [0.25, 0.3) is 11.1 Å². The minimum atomic E-state index is -0.0869. The molecule has 114 valence electrons. The highest BCUT2D eigenvalue weighted by Crippen LogP contribution is 2.22. The molecule has 0 spiro atoms. The highest BCUT2D eigenvalue weighted by atomic mass is 16.5. The molecule has 0 bridgehead atoms. The zero-order chi connectivity index (χ0) is 15.4. The summed E-state index contributed by atoms with van der Waals surface area (Å²) < 4.78 is 5.51. The summed E-state index contributed by atoms with van der Waals surface area (Å²) in [5, 5.41) is 12.3. The monoisotopic (exact) mass is 297 g/mol. The molecule has 1 fully saturated rings. The zero-order valence-corrected chi connectivity index (χ0v) is 12.3. The van der Waals surface area contributed by atoms with Crippen LogP contribution in [-0.2, 0) is 4.74 Å². The van der Waals surface area contributed by atoms with Gasteiger partial charge in [0.25, 0.3) is 5.91 Å². The number of rotatable bonds is 4. The molecular formula is C18H19NO3. The third kappa shape index (κ3) is 3.46. The van der Waals surface area contributed by atoms with Crippen molar-refractivity contribution in [2.45, 2.75) is 18.9 Å². The van der Waals surface area contributed by atoms with Crippen molar-refractivity contribution in [3.05, 3.63) is 54.1 Å². The molecule has 1 aliphatic rings. The minimum absolute atomic E-state index is 0.0869. The van der Waals surface area contributed by atoms with Gasteiger partial charge in [-0.25, -0.2) is 0 Å². The molecule has 0 saturated carbocycles. The van der Waals surface area contributed by atoms with Crippen LogP contribution in [0.5, 0.6) is 5.75 Å². The fourth-order valence-corrected chi connectivity index (χ4v) is 2.61. The molecule has 0 radical (unpaired) electrons. The Bertz CT molecular complexity index is 646. The van der Waals surface area contributed by atoms with E-state index in [1.54, 1.807) is 18.2 Å². The summed E-state index contributed by atoms with van der Waals surface area (Å²) in [6, 6.07) is 14.4. The van der Waals surface area contributed by atoms with Gasteiger partial charge in [0.1, 0.15) is 5.75 Å². The molecule has 0 aromatic heterocycles. The van der Waals surface area contributed by atoms with Gasteiger partial charge in [0, 0.05) is 18.7 Å². The first kappa shape index (κ1) is 14.6. The molecule has 3 rings (SSSR count). The van der Waals surface area contributed by atoms with Gasteiger partial charge in [-0.2, -0.15) is 0 Å². The SMILES string of the molecule is O=C(NCC1CCCO1)c1cccc(-c2ccc(O)cc2)c1. The Morgan fingerprint density at radius 3 is 2.73 bits per heavy atom. The molecule has 22 heavy (non-hydrogen) atoms. The fraction of sp³-hybridized carbons (Fsp3) is 0.278.